The topological polar surface area (TPSA) is 64.6 Å². The van der Waals surface area contributed by atoms with E-state index in [1.165, 1.54) is 0 Å². The molecule has 1 N–H and O–H groups in total. The van der Waals surface area contributed by atoms with Gasteiger partial charge in [-0.05, 0) is 56.2 Å². The van der Waals surface area contributed by atoms with Crippen LogP contribution < -0.4 is 9.46 Å². The molecule has 158 valence electrons. The van der Waals surface area contributed by atoms with E-state index in [1.807, 2.05) is 57.2 Å². The fraction of sp³-hybridized carbons (Fsp3) is 0.409. The van der Waals surface area contributed by atoms with Gasteiger partial charge in [-0.3, -0.25) is 4.79 Å². The molecule has 0 aromatic heterocycles. The molecule has 0 heterocycles. The highest BCUT2D eigenvalue weighted by Crippen LogP contribution is 2.27. The molecule has 0 saturated carbocycles. The number of benzene rings is 2. The molecule has 0 aliphatic rings. The third-order valence-corrected chi connectivity index (χ3v) is 6.26. The van der Waals surface area contributed by atoms with Crippen LogP contribution in [0.15, 0.2) is 48.5 Å². The summed E-state index contributed by atoms with van der Waals surface area (Å²) < 4.78 is 26.0. The van der Waals surface area contributed by atoms with E-state index < -0.39 is 27.7 Å². The summed E-state index contributed by atoms with van der Waals surface area (Å²) in [5, 5.41) is 0.596. The standard InChI is InChI=1S/C22H28ClNO4S/c1-15(21(25)28-14-16-6-12-19(27-5)13-7-16)20(24-29(26)22(2,3)4)17-8-10-18(23)11-9-17/h6-13,15,20,24H,14H2,1-5H3/t15-,20-,29+/m0/s1. The summed E-state index contributed by atoms with van der Waals surface area (Å²) in [4.78, 5) is 12.7. The minimum absolute atomic E-state index is 0.156. The van der Waals surface area contributed by atoms with Gasteiger partial charge >= 0.3 is 5.97 Å². The molecule has 29 heavy (non-hydrogen) atoms. The molecule has 0 radical (unpaired) electrons. The lowest BCUT2D eigenvalue weighted by Crippen LogP contribution is -2.40. The SMILES string of the molecule is COc1ccc(COC(=O)[C@@H](C)[C@H](N[S@](=O)C(C)(C)C)c2ccc(Cl)cc2)cc1. The molecule has 0 aliphatic carbocycles. The molecule has 0 saturated heterocycles. The minimum atomic E-state index is -1.36. The number of carbonyl (C=O) groups is 1. The van der Waals surface area contributed by atoms with Crippen LogP contribution >= 0.6 is 11.6 Å². The third kappa shape index (κ3) is 6.84. The monoisotopic (exact) mass is 437 g/mol. The van der Waals surface area contributed by atoms with Crippen LogP contribution in [0.4, 0.5) is 0 Å². The van der Waals surface area contributed by atoms with Crippen LogP contribution in [0.5, 0.6) is 5.75 Å². The van der Waals surface area contributed by atoms with Gasteiger partial charge in [0.2, 0.25) is 0 Å². The van der Waals surface area contributed by atoms with Crippen LogP contribution in [-0.2, 0) is 27.1 Å². The molecular weight excluding hydrogens is 410 g/mol. The predicted octanol–water partition coefficient (Wildman–Crippen LogP) is 4.82. The maximum atomic E-state index is 12.7. The van der Waals surface area contributed by atoms with Gasteiger partial charge < -0.3 is 9.47 Å². The van der Waals surface area contributed by atoms with Crippen molar-refractivity contribution in [3.05, 3.63) is 64.7 Å². The smallest absolute Gasteiger partial charge is 0.310 e. The minimum Gasteiger partial charge on any atom is -0.497 e. The van der Waals surface area contributed by atoms with E-state index in [9.17, 15) is 9.00 Å². The predicted molar refractivity (Wildman–Crippen MR) is 117 cm³/mol. The number of carbonyl (C=O) groups excluding carboxylic acids is 1. The number of hydrogen-bond donors (Lipinski definition) is 1. The average Bonchev–Trinajstić information content (AvgIpc) is 2.70. The highest BCUT2D eigenvalue weighted by molar-refractivity contribution is 7.84. The summed E-state index contributed by atoms with van der Waals surface area (Å²) in [5.74, 6) is -0.190. The quantitative estimate of drug-likeness (QED) is 0.601. The van der Waals surface area contributed by atoms with E-state index in [-0.39, 0.29) is 12.6 Å². The van der Waals surface area contributed by atoms with Gasteiger partial charge in [0.15, 0.2) is 0 Å². The summed E-state index contributed by atoms with van der Waals surface area (Å²) >= 11 is 5.99. The Morgan fingerprint density at radius 3 is 2.21 bits per heavy atom. The van der Waals surface area contributed by atoms with E-state index in [1.54, 1.807) is 26.2 Å². The van der Waals surface area contributed by atoms with Crippen molar-refractivity contribution in [3.8, 4) is 5.75 Å². The normalized spacial score (nSPS) is 14.7. The Morgan fingerprint density at radius 2 is 1.69 bits per heavy atom. The highest BCUT2D eigenvalue weighted by atomic mass is 35.5. The Kier molecular flexibility index (Phi) is 8.25. The van der Waals surface area contributed by atoms with E-state index in [0.29, 0.717) is 5.02 Å². The lowest BCUT2D eigenvalue weighted by Gasteiger charge is -2.28. The molecule has 0 bridgehead atoms. The van der Waals surface area contributed by atoms with Gasteiger partial charge in [0.05, 0.1) is 34.8 Å². The number of halogens is 1. The Bertz CT molecular complexity index is 831. The molecule has 2 aromatic carbocycles. The van der Waals surface area contributed by atoms with Gasteiger partial charge in [-0.15, -0.1) is 0 Å². The van der Waals surface area contributed by atoms with E-state index >= 15 is 0 Å². The summed E-state index contributed by atoms with van der Waals surface area (Å²) in [6.07, 6.45) is 0. The van der Waals surface area contributed by atoms with Gasteiger partial charge in [-0.2, -0.15) is 0 Å². The van der Waals surface area contributed by atoms with Crippen molar-refractivity contribution in [2.45, 2.75) is 45.1 Å². The Balaban J connectivity index is 2.13. The van der Waals surface area contributed by atoms with Crippen LogP contribution in [-0.4, -0.2) is 22.0 Å². The van der Waals surface area contributed by atoms with Crippen LogP contribution in [0.3, 0.4) is 0 Å². The zero-order chi connectivity index (χ0) is 21.6. The molecule has 3 atom stereocenters. The van der Waals surface area contributed by atoms with E-state index in [2.05, 4.69) is 4.72 Å². The summed E-state index contributed by atoms with van der Waals surface area (Å²) in [6, 6.07) is 14.0. The fourth-order valence-electron chi connectivity index (χ4n) is 2.56. The van der Waals surface area contributed by atoms with Gasteiger partial charge in [0.1, 0.15) is 12.4 Å². The van der Waals surface area contributed by atoms with Gasteiger partial charge in [0, 0.05) is 5.02 Å². The second-order valence-electron chi connectivity index (χ2n) is 7.77. The molecule has 0 fully saturated rings. The first-order valence-corrected chi connectivity index (χ1v) is 10.9. The number of methoxy groups -OCH3 is 1. The van der Waals surface area contributed by atoms with Crippen LogP contribution in [0.2, 0.25) is 5.02 Å². The molecule has 0 unspecified atom stereocenters. The van der Waals surface area contributed by atoms with Crippen LogP contribution in [0.25, 0.3) is 0 Å². The number of rotatable bonds is 8. The van der Waals surface area contributed by atoms with Crippen LogP contribution in [0.1, 0.15) is 44.9 Å². The first kappa shape index (κ1) is 23.4. The number of ether oxygens (including phenoxy) is 2. The molecule has 2 rings (SSSR count). The van der Waals surface area contributed by atoms with Crippen molar-refractivity contribution in [3.63, 3.8) is 0 Å². The molecule has 0 aliphatic heterocycles. The first-order valence-electron chi connectivity index (χ1n) is 9.35. The molecular formula is C22H28ClNO4S. The highest BCUT2D eigenvalue weighted by Gasteiger charge is 2.31. The van der Waals surface area contributed by atoms with E-state index in [0.717, 1.165) is 16.9 Å². The van der Waals surface area contributed by atoms with Crippen molar-refractivity contribution >= 4 is 28.6 Å². The van der Waals surface area contributed by atoms with Crippen molar-refractivity contribution in [2.75, 3.05) is 7.11 Å². The Morgan fingerprint density at radius 1 is 1.10 bits per heavy atom. The lowest BCUT2D eigenvalue weighted by molar-refractivity contribution is -0.150. The molecule has 7 heteroatoms. The van der Waals surface area contributed by atoms with Gasteiger partial charge in [0.25, 0.3) is 0 Å². The summed E-state index contributed by atoms with van der Waals surface area (Å²) in [5.41, 5.74) is 1.68. The Labute approximate surface area is 180 Å². The fourth-order valence-corrected chi connectivity index (χ4v) is 3.62. The lowest BCUT2D eigenvalue weighted by atomic mass is 9.95. The summed E-state index contributed by atoms with van der Waals surface area (Å²) in [7, 11) is 0.241. The molecule has 2 aromatic rings. The largest absolute Gasteiger partial charge is 0.497 e. The molecule has 5 nitrogen and oxygen atoms in total. The first-order chi connectivity index (χ1) is 13.6. The maximum absolute atomic E-state index is 12.7. The second kappa shape index (κ2) is 10.2. The van der Waals surface area contributed by atoms with Crippen molar-refractivity contribution in [1.82, 2.24) is 4.72 Å². The number of nitrogens with one attached hydrogen (secondary N) is 1. The zero-order valence-corrected chi connectivity index (χ0v) is 19.0. The summed E-state index contributed by atoms with van der Waals surface area (Å²) in [6.45, 7) is 7.55. The second-order valence-corrected chi connectivity index (χ2v) is 10.2. The van der Waals surface area contributed by atoms with Crippen molar-refractivity contribution < 1.29 is 18.5 Å². The van der Waals surface area contributed by atoms with Crippen molar-refractivity contribution in [1.29, 1.82) is 0 Å². The zero-order valence-electron chi connectivity index (χ0n) is 17.4. The van der Waals surface area contributed by atoms with Gasteiger partial charge in [-0.25, -0.2) is 8.93 Å². The molecule has 0 amide bonds. The number of hydrogen-bond acceptors (Lipinski definition) is 4. The average molecular weight is 438 g/mol. The van der Waals surface area contributed by atoms with Gasteiger partial charge in [-0.1, -0.05) is 42.8 Å². The Hall–Kier alpha value is -1.89. The maximum Gasteiger partial charge on any atom is 0.310 e. The third-order valence-electron chi connectivity index (χ3n) is 4.43. The van der Waals surface area contributed by atoms with Crippen molar-refractivity contribution in [2.24, 2.45) is 5.92 Å². The number of esters is 1. The van der Waals surface area contributed by atoms with Crippen LogP contribution in [0, 0.1) is 5.92 Å². The van der Waals surface area contributed by atoms with E-state index in [4.69, 9.17) is 21.1 Å². The molecule has 0 spiro atoms.